The molecule has 0 aromatic rings. The molecule has 0 saturated carbocycles. The van der Waals surface area contributed by atoms with Gasteiger partial charge < -0.3 is 12.3 Å². The van der Waals surface area contributed by atoms with Gasteiger partial charge >= 0.3 is 8.80 Å². The molecule has 0 aliphatic rings. The zero-order chi connectivity index (χ0) is 14.6. The van der Waals surface area contributed by atoms with Crippen molar-refractivity contribution in [1.82, 2.24) is 0 Å². The molecule has 0 aromatic heterocycles. The maximum Gasteiger partial charge on any atom is 0.468 e. The number of hydrogen-bond acceptors (Lipinski definition) is 3. The lowest BCUT2D eigenvalue weighted by Crippen LogP contribution is -2.47. The summed E-state index contributed by atoms with van der Waals surface area (Å²) >= 11 is 0. The van der Waals surface area contributed by atoms with E-state index >= 15 is 0 Å². The molecule has 0 spiro atoms. The molecule has 0 aromatic carbocycles. The fourth-order valence-electron chi connectivity index (χ4n) is 2.00. The number of unbranched alkanes of at least 4 members (excludes halogenated alkanes) is 7. The van der Waals surface area contributed by atoms with Crippen LogP contribution in [0.4, 0.5) is 0 Å². The Labute approximate surface area is 129 Å². The molecule has 0 bridgehead atoms. The SMILES string of the molecule is CCCCCCCCCC[Si](O[Si])(O[Si])O[Si](C)C. The van der Waals surface area contributed by atoms with Gasteiger partial charge in [0.25, 0.3) is 0 Å². The first-order valence-electron chi connectivity index (χ1n) is 7.29. The molecule has 0 aliphatic carbocycles. The van der Waals surface area contributed by atoms with Gasteiger partial charge in [-0.05, 0) is 19.5 Å². The number of rotatable bonds is 13. The Morgan fingerprint density at radius 2 is 1.32 bits per heavy atom. The van der Waals surface area contributed by atoms with E-state index in [1.807, 2.05) is 0 Å². The van der Waals surface area contributed by atoms with Crippen LogP contribution in [0.5, 0.6) is 0 Å². The smallest absolute Gasteiger partial charge is 0.416 e. The molecule has 0 rings (SSSR count). The molecule has 7 heteroatoms. The third-order valence-electron chi connectivity index (χ3n) is 3.01. The molecular formula is C12H27O3Si4. The first kappa shape index (κ1) is 19.7. The van der Waals surface area contributed by atoms with Crippen molar-refractivity contribution in [2.24, 2.45) is 0 Å². The van der Waals surface area contributed by atoms with Gasteiger partial charge in [0.15, 0.2) is 9.04 Å². The van der Waals surface area contributed by atoms with Crippen LogP contribution in [0, 0.1) is 0 Å². The van der Waals surface area contributed by atoms with Gasteiger partial charge in [0.2, 0.25) is 21.0 Å². The van der Waals surface area contributed by atoms with Crippen LogP contribution in [0.2, 0.25) is 19.1 Å². The Hall–Kier alpha value is 0.748. The first-order valence-corrected chi connectivity index (χ1v) is 12.4. The Morgan fingerprint density at radius 1 is 0.842 bits per heavy atom. The maximum atomic E-state index is 5.89. The highest BCUT2D eigenvalue weighted by Gasteiger charge is 2.38. The van der Waals surface area contributed by atoms with Crippen LogP contribution in [-0.4, -0.2) is 38.8 Å². The van der Waals surface area contributed by atoms with E-state index in [0.717, 1.165) is 12.5 Å². The molecular weight excluding hydrogens is 304 g/mol. The minimum Gasteiger partial charge on any atom is -0.416 e. The van der Waals surface area contributed by atoms with Crippen LogP contribution >= 0.6 is 0 Å². The summed E-state index contributed by atoms with van der Waals surface area (Å²) in [4.78, 5) is 0. The van der Waals surface area contributed by atoms with E-state index in [0.29, 0.717) is 0 Å². The third-order valence-corrected chi connectivity index (χ3v) is 9.34. The third kappa shape index (κ3) is 10.2. The molecule has 0 fully saturated rings. The molecule has 3 nitrogen and oxygen atoms in total. The van der Waals surface area contributed by atoms with Gasteiger partial charge in [0.1, 0.15) is 0 Å². The van der Waals surface area contributed by atoms with E-state index in [9.17, 15) is 0 Å². The van der Waals surface area contributed by atoms with Crippen LogP contribution in [0.25, 0.3) is 0 Å². The van der Waals surface area contributed by atoms with E-state index in [2.05, 4.69) is 41.0 Å². The van der Waals surface area contributed by atoms with Crippen LogP contribution in [0.1, 0.15) is 58.3 Å². The molecule has 7 radical (unpaired) electrons. The lowest BCUT2D eigenvalue weighted by atomic mass is 10.1. The second-order valence-electron chi connectivity index (χ2n) is 5.12. The van der Waals surface area contributed by atoms with Crippen molar-refractivity contribution in [3.05, 3.63) is 0 Å². The average Bonchev–Trinajstić information content (AvgIpc) is 2.40. The van der Waals surface area contributed by atoms with Crippen molar-refractivity contribution >= 4 is 38.8 Å². The lowest BCUT2D eigenvalue weighted by molar-refractivity contribution is 0.282. The summed E-state index contributed by atoms with van der Waals surface area (Å²) in [7, 11) is 2.90. The maximum absolute atomic E-state index is 5.89. The zero-order valence-electron chi connectivity index (χ0n) is 12.6. The van der Waals surface area contributed by atoms with Gasteiger partial charge in [-0.25, -0.2) is 0 Å². The molecule has 0 aliphatic heterocycles. The summed E-state index contributed by atoms with van der Waals surface area (Å²) in [5.41, 5.74) is 0. The topological polar surface area (TPSA) is 27.7 Å². The highest BCUT2D eigenvalue weighted by Crippen LogP contribution is 2.19. The summed E-state index contributed by atoms with van der Waals surface area (Å²) < 4.78 is 16.6. The Morgan fingerprint density at radius 3 is 1.74 bits per heavy atom. The van der Waals surface area contributed by atoms with Crippen LogP contribution in [0.15, 0.2) is 0 Å². The van der Waals surface area contributed by atoms with Gasteiger partial charge in [-0.2, -0.15) is 0 Å². The van der Waals surface area contributed by atoms with E-state index in [1.165, 1.54) is 44.9 Å². The van der Waals surface area contributed by atoms with Crippen molar-refractivity contribution in [1.29, 1.82) is 0 Å². The number of hydrogen-bond donors (Lipinski definition) is 0. The van der Waals surface area contributed by atoms with Gasteiger partial charge in [-0.15, -0.1) is 0 Å². The zero-order valence-corrected chi connectivity index (χ0v) is 16.6. The van der Waals surface area contributed by atoms with Gasteiger partial charge in [0, 0.05) is 6.04 Å². The lowest BCUT2D eigenvalue weighted by Gasteiger charge is -2.29. The summed E-state index contributed by atoms with van der Waals surface area (Å²) in [6, 6.07) is 0.866. The fourth-order valence-corrected chi connectivity index (χ4v) is 8.02. The van der Waals surface area contributed by atoms with Crippen LogP contribution in [0.3, 0.4) is 0 Å². The standard InChI is InChI=1S/C12H27O3Si4/c1-4-5-6-7-8-9-10-11-12-19(13-16,14-17)15-18(2)3/h4-12H2,1-3H3. The minimum absolute atomic E-state index is 0.822. The predicted molar refractivity (Wildman–Crippen MR) is 85.4 cm³/mol. The molecule has 0 N–H and O–H groups in total. The van der Waals surface area contributed by atoms with Crippen molar-refractivity contribution in [3.63, 3.8) is 0 Å². The first-order chi connectivity index (χ1) is 9.10. The molecule has 0 amide bonds. The summed E-state index contributed by atoms with van der Waals surface area (Å²) in [6.45, 7) is 6.44. The van der Waals surface area contributed by atoms with Crippen molar-refractivity contribution < 1.29 is 12.3 Å². The van der Waals surface area contributed by atoms with E-state index < -0.39 is 17.8 Å². The van der Waals surface area contributed by atoms with E-state index in [4.69, 9.17) is 12.3 Å². The largest absolute Gasteiger partial charge is 0.468 e. The molecule has 109 valence electrons. The van der Waals surface area contributed by atoms with Crippen LogP contribution in [-0.2, 0) is 12.3 Å². The summed E-state index contributed by atoms with van der Waals surface area (Å²) in [5.74, 6) is 0. The monoisotopic (exact) mass is 331 g/mol. The normalized spacial score (nSPS) is 12.3. The van der Waals surface area contributed by atoms with Crippen LogP contribution < -0.4 is 0 Å². The van der Waals surface area contributed by atoms with Crippen molar-refractivity contribution in [2.75, 3.05) is 0 Å². The second kappa shape index (κ2) is 12.5. The molecule has 0 atom stereocenters. The average molecular weight is 332 g/mol. The Kier molecular flexibility index (Phi) is 13.0. The minimum atomic E-state index is -2.52. The highest BCUT2D eigenvalue weighted by atomic mass is 28.5. The molecule has 0 unspecified atom stereocenters. The molecule has 0 saturated heterocycles. The highest BCUT2D eigenvalue weighted by molar-refractivity contribution is 6.73. The summed E-state index contributed by atoms with van der Waals surface area (Å²) in [6.07, 6.45) is 10.4. The van der Waals surface area contributed by atoms with Gasteiger partial charge in [0.05, 0.1) is 0 Å². The van der Waals surface area contributed by atoms with Crippen molar-refractivity contribution in [3.8, 4) is 0 Å². The van der Waals surface area contributed by atoms with Gasteiger partial charge in [-0.3, -0.25) is 0 Å². The van der Waals surface area contributed by atoms with E-state index in [1.54, 1.807) is 0 Å². The summed E-state index contributed by atoms with van der Waals surface area (Å²) in [5, 5.41) is 0. The predicted octanol–water partition coefficient (Wildman–Crippen LogP) is 3.53. The Balaban J connectivity index is 3.70. The fraction of sp³-hybridized carbons (Fsp3) is 1.00. The second-order valence-corrected chi connectivity index (χ2v) is 11.3. The van der Waals surface area contributed by atoms with E-state index in [-0.39, 0.29) is 0 Å². The van der Waals surface area contributed by atoms with Gasteiger partial charge in [-0.1, -0.05) is 51.9 Å². The quantitative estimate of drug-likeness (QED) is 0.382. The molecule has 0 heterocycles. The molecule has 19 heavy (non-hydrogen) atoms. The Bertz CT molecular complexity index is 201. The van der Waals surface area contributed by atoms with Crippen molar-refractivity contribution in [2.45, 2.75) is 77.4 Å².